The number of benzene rings is 1. The number of ether oxygens (including phenoxy) is 2. The number of rotatable bonds is 9. The maximum atomic E-state index is 11.5. The van der Waals surface area contributed by atoms with Crippen molar-refractivity contribution in [3.63, 3.8) is 0 Å². The van der Waals surface area contributed by atoms with E-state index in [1.54, 1.807) is 13.2 Å². The molecule has 0 bridgehead atoms. The van der Waals surface area contributed by atoms with E-state index in [1.807, 2.05) is 18.2 Å². The normalized spacial score (nSPS) is 9.43. The molecular formula is C15H23ClN2O3. The van der Waals surface area contributed by atoms with Crippen LogP contribution < -0.4 is 20.5 Å². The number of nitrogens with one attached hydrogen (secondary N) is 1. The first-order valence-electron chi connectivity index (χ1n) is 6.58. The van der Waals surface area contributed by atoms with E-state index in [4.69, 9.17) is 15.2 Å². The summed E-state index contributed by atoms with van der Waals surface area (Å²) in [6, 6.07) is 5.60. The highest BCUT2D eigenvalue weighted by molar-refractivity contribution is 5.85. The van der Waals surface area contributed by atoms with Crippen molar-refractivity contribution in [2.24, 2.45) is 5.73 Å². The van der Waals surface area contributed by atoms with Gasteiger partial charge in [0.05, 0.1) is 7.11 Å². The molecule has 0 radical (unpaired) electrons. The van der Waals surface area contributed by atoms with Crippen molar-refractivity contribution in [2.45, 2.75) is 12.8 Å². The highest BCUT2D eigenvalue weighted by Crippen LogP contribution is 2.28. The first-order chi connectivity index (χ1) is 9.71. The lowest BCUT2D eigenvalue weighted by Gasteiger charge is -2.12. The van der Waals surface area contributed by atoms with Gasteiger partial charge in [0.15, 0.2) is 18.1 Å². The summed E-state index contributed by atoms with van der Waals surface area (Å²) >= 11 is 0. The molecule has 1 aromatic rings. The highest BCUT2D eigenvalue weighted by Gasteiger charge is 2.08. The van der Waals surface area contributed by atoms with Crippen LogP contribution in [0.15, 0.2) is 30.9 Å². The van der Waals surface area contributed by atoms with E-state index in [0.717, 1.165) is 18.4 Å². The molecular weight excluding hydrogens is 292 g/mol. The lowest BCUT2D eigenvalue weighted by atomic mass is 10.1. The molecule has 0 atom stereocenters. The minimum Gasteiger partial charge on any atom is -0.493 e. The SMILES string of the molecule is C=CCc1ccc(OCC(=O)NCCCN)c(OC)c1.Cl. The van der Waals surface area contributed by atoms with Crippen LogP contribution >= 0.6 is 12.4 Å². The molecule has 0 aliphatic rings. The summed E-state index contributed by atoms with van der Waals surface area (Å²) in [6.45, 7) is 4.77. The predicted octanol–water partition coefficient (Wildman–Crippen LogP) is 1.69. The fourth-order valence-corrected chi connectivity index (χ4v) is 1.65. The zero-order valence-corrected chi connectivity index (χ0v) is 13.1. The van der Waals surface area contributed by atoms with Crippen LogP contribution in [0.1, 0.15) is 12.0 Å². The summed E-state index contributed by atoms with van der Waals surface area (Å²) in [6.07, 6.45) is 3.34. The predicted molar refractivity (Wildman–Crippen MR) is 86.3 cm³/mol. The number of nitrogens with two attached hydrogens (primary N) is 1. The van der Waals surface area contributed by atoms with Gasteiger partial charge in [0, 0.05) is 6.54 Å². The summed E-state index contributed by atoms with van der Waals surface area (Å²) < 4.78 is 10.7. The van der Waals surface area contributed by atoms with E-state index in [9.17, 15) is 4.79 Å². The Morgan fingerprint density at radius 3 is 2.81 bits per heavy atom. The Balaban J connectivity index is 0.00000400. The smallest absolute Gasteiger partial charge is 0.257 e. The maximum Gasteiger partial charge on any atom is 0.257 e. The third kappa shape index (κ3) is 7.02. The van der Waals surface area contributed by atoms with Crippen LogP contribution in [0.3, 0.4) is 0 Å². The maximum absolute atomic E-state index is 11.5. The summed E-state index contributed by atoms with van der Waals surface area (Å²) in [5.41, 5.74) is 6.43. The van der Waals surface area contributed by atoms with Gasteiger partial charge in [-0.2, -0.15) is 0 Å². The second-order valence-corrected chi connectivity index (χ2v) is 4.26. The quantitative estimate of drug-likeness (QED) is 0.537. The standard InChI is InChI=1S/C15H22N2O3.ClH/c1-3-5-12-6-7-13(14(10-12)19-2)20-11-15(18)17-9-4-8-16;/h3,6-7,10H,1,4-5,8-9,11,16H2,2H3,(H,17,18);1H. The van der Waals surface area contributed by atoms with Gasteiger partial charge in [0.1, 0.15) is 0 Å². The van der Waals surface area contributed by atoms with Gasteiger partial charge in [-0.15, -0.1) is 19.0 Å². The van der Waals surface area contributed by atoms with Crippen LogP contribution in [-0.4, -0.2) is 32.7 Å². The largest absolute Gasteiger partial charge is 0.493 e. The third-order valence-corrected chi connectivity index (χ3v) is 2.67. The van der Waals surface area contributed by atoms with Crippen molar-refractivity contribution in [2.75, 3.05) is 26.8 Å². The van der Waals surface area contributed by atoms with Gasteiger partial charge >= 0.3 is 0 Å². The van der Waals surface area contributed by atoms with Gasteiger partial charge in [0.2, 0.25) is 0 Å². The number of carbonyl (C=O) groups excluding carboxylic acids is 1. The molecule has 0 fully saturated rings. The van der Waals surface area contributed by atoms with Crippen LogP contribution in [0.5, 0.6) is 11.5 Å². The fourth-order valence-electron chi connectivity index (χ4n) is 1.65. The van der Waals surface area contributed by atoms with Gasteiger partial charge < -0.3 is 20.5 Å². The molecule has 118 valence electrons. The first kappa shape index (κ1) is 19.3. The van der Waals surface area contributed by atoms with Crippen LogP contribution in [0.4, 0.5) is 0 Å². The minimum absolute atomic E-state index is 0. The zero-order chi connectivity index (χ0) is 14.8. The molecule has 0 heterocycles. The third-order valence-electron chi connectivity index (χ3n) is 2.67. The van der Waals surface area contributed by atoms with Crippen molar-refractivity contribution in [3.05, 3.63) is 36.4 Å². The van der Waals surface area contributed by atoms with E-state index in [1.165, 1.54) is 0 Å². The average Bonchev–Trinajstić information content (AvgIpc) is 2.46. The minimum atomic E-state index is -0.171. The molecule has 0 aromatic heterocycles. The van der Waals surface area contributed by atoms with Gasteiger partial charge in [-0.1, -0.05) is 12.1 Å². The number of carbonyl (C=O) groups is 1. The van der Waals surface area contributed by atoms with Gasteiger partial charge in [-0.3, -0.25) is 4.79 Å². The van der Waals surface area contributed by atoms with Crippen LogP contribution in [0, 0.1) is 0 Å². The van der Waals surface area contributed by atoms with Crippen LogP contribution in [0.2, 0.25) is 0 Å². The molecule has 0 aliphatic heterocycles. The molecule has 21 heavy (non-hydrogen) atoms. The number of halogens is 1. The van der Waals surface area contributed by atoms with E-state index < -0.39 is 0 Å². The number of hydrogen-bond donors (Lipinski definition) is 2. The molecule has 0 saturated heterocycles. The van der Waals surface area contributed by atoms with E-state index in [-0.39, 0.29) is 24.9 Å². The highest BCUT2D eigenvalue weighted by atomic mass is 35.5. The second-order valence-electron chi connectivity index (χ2n) is 4.26. The van der Waals surface area contributed by atoms with E-state index in [2.05, 4.69) is 11.9 Å². The number of methoxy groups -OCH3 is 1. The summed E-state index contributed by atoms with van der Waals surface area (Å²) in [5.74, 6) is 0.990. The molecule has 1 rings (SSSR count). The molecule has 0 unspecified atom stereocenters. The zero-order valence-electron chi connectivity index (χ0n) is 12.3. The Labute approximate surface area is 131 Å². The van der Waals surface area contributed by atoms with E-state index in [0.29, 0.717) is 24.6 Å². The van der Waals surface area contributed by atoms with Crippen LogP contribution in [-0.2, 0) is 11.2 Å². The number of allylic oxidation sites excluding steroid dienone is 1. The van der Waals surface area contributed by atoms with Crippen molar-refractivity contribution < 1.29 is 14.3 Å². The molecule has 1 aromatic carbocycles. The number of amides is 1. The molecule has 0 saturated carbocycles. The molecule has 3 N–H and O–H groups in total. The monoisotopic (exact) mass is 314 g/mol. The van der Waals surface area contributed by atoms with Gasteiger partial charge in [-0.25, -0.2) is 0 Å². The number of hydrogen-bond acceptors (Lipinski definition) is 4. The Bertz CT molecular complexity index is 453. The molecule has 6 heteroatoms. The van der Waals surface area contributed by atoms with Gasteiger partial charge in [-0.05, 0) is 37.1 Å². The Kier molecular flexibility index (Phi) is 10.1. The van der Waals surface area contributed by atoms with Crippen molar-refractivity contribution >= 4 is 18.3 Å². The molecule has 0 spiro atoms. The lowest BCUT2D eigenvalue weighted by molar-refractivity contribution is -0.123. The summed E-state index contributed by atoms with van der Waals surface area (Å²) in [4.78, 5) is 11.5. The first-order valence-corrected chi connectivity index (χ1v) is 6.58. The summed E-state index contributed by atoms with van der Waals surface area (Å²) in [7, 11) is 1.57. The Morgan fingerprint density at radius 1 is 1.43 bits per heavy atom. The average molecular weight is 315 g/mol. The van der Waals surface area contributed by atoms with E-state index >= 15 is 0 Å². The fraction of sp³-hybridized carbons (Fsp3) is 0.400. The Hall–Kier alpha value is -1.72. The van der Waals surface area contributed by atoms with Crippen molar-refractivity contribution in [3.8, 4) is 11.5 Å². The molecule has 5 nitrogen and oxygen atoms in total. The molecule has 1 amide bonds. The van der Waals surface area contributed by atoms with Crippen LogP contribution in [0.25, 0.3) is 0 Å². The Morgan fingerprint density at radius 2 is 2.19 bits per heavy atom. The lowest BCUT2D eigenvalue weighted by Crippen LogP contribution is -2.30. The molecule has 0 aliphatic carbocycles. The van der Waals surface area contributed by atoms with Crippen molar-refractivity contribution in [1.82, 2.24) is 5.32 Å². The van der Waals surface area contributed by atoms with Gasteiger partial charge in [0.25, 0.3) is 5.91 Å². The summed E-state index contributed by atoms with van der Waals surface area (Å²) in [5, 5.41) is 2.72. The second kappa shape index (κ2) is 11.0. The topological polar surface area (TPSA) is 73.6 Å². The van der Waals surface area contributed by atoms with Crippen molar-refractivity contribution in [1.29, 1.82) is 0 Å².